The number of aliphatic hydroxyl groups is 1. The fraction of sp³-hybridized carbons (Fsp3) is 0.407. The molecule has 0 bridgehead atoms. The average molecular weight is 435 g/mol. The van der Waals surface area contributed by atoms with Crippen LogP contribution in [0.1, 0.15) is 42.9 Å². The van der Waals surface area contributed by atoms with Crippen LogP contribution < -0.4 is 4.90 Å². The number of nitrogens with zero attached hydrogens (tertiary/aromatic N) is 2. The molecule has 0 aromatic heterocycles. The van der Waals surface area contributed by atoms with Crippen LogP contribution >= 0.6 is 12.4 Å². The topological polar surface area (TPSA) is 26.7 Å². The molecule has 1 spiro atoms. The van der Waals surface area contributed by atoms with E-state index in [1.54, 1.807) is 0 Å². The molecule has 6 rings (SSSR count). The lowest BCUT2D eigenvalue weighted by Crippen LogP contribution is -2.57. The molecule has 1 N–H and O–H groups in total. The third-order valence-corrected chi connectivity index (χ3v) is 8.03. The Morgan fingerprint density at radius 3 is 2.32 bits per heavy atom. The second kappa shape index (κ2) is 8.12. The van der Waals surface area contributed by atoms with E-state index >= 15 is 0 Å². The van der Waals surface area contributed by atoms with Crippen molar-refractivity contribution in [2.45, 2.75) is 49.8 Å². The van der Waals surface area contributed by atoms with Crippen molar-refractivity contribution in [3.63, 3.8) is 0 Å². The summed E-state index contributed by atoms with van der Waals surface area (Å²) in [6.07, 6.45) is 5.10. The van der Waals surface area contributed by atoms with Crippen LogP contribution in [-0.2, 0) is 6.42 Å². The van der Waals surface area contributed by atoms with Gasteiger partial charge in [-0.1, -0.05) is 54.6 Å². The standard InChI is InChI=1S/C27H30N2O.ClH/c30-25-14-17-29(22-9-2-1-3-10-22)27(25)15-18-28(19-16-27)24-13-12-21-7-4-6-20-8-5-11-23(24)26(20)21;/h1-11,24-25,30H,12-19H2;1H. The van der Waals surface area contributed by atoms with E-state index in [0.29, 0.717) is 6.04 Å². The van der Waals surface area contributed by atoms with Crippen LogP contribution in [0.5, 0.6) is 0 Å². The Morgan fingerprint density at radius 2 is 1.55 bits per heavy atom. The maximum atomic E-state index is 11.0. The Balaban J connectivity index is 0.00000204. The number of rotatable bonds is 2. The van der Waals surface area contributed by atoms with Crippen LogP contribution in [0.4, 0.5) is 5.69 Å². The third-order valence-electron chi connectivity index (χ3n) is 8.03. The van der Waals surface area contributed by atoms with Gasteiger partial charge in [0.15, 0.2) is 0 Å². The summed E-state index contributed by atoms with van der Waals surface area (Å²) in [4.78, 5) is 5.20. The molecule has 3 nitrogen and oxygen atoms in total. The molecule has 3 aromatic rings. The van der Waals surface area contributed by atoms with E-state index in [0.717, 1.165) is 38.9 Å². The molecular formula is C27H31ClN2O. The minimum absolute atomic E-state index is 0. The molecule has 1 aliphatic carbocycles. The zero-order chi connectivity index (χ0) is 20.1. The van der Waals surface area contributed by atoms with Gasteiger partial charge in [-0.15, -0.1) is 12.4 Å². The van der Waals surface area contributed by atoms with E-state index in [1.165, 1.54) is 40.4 Å². The Kier molecular flexibility index (Phi) is 5.45. The number of aliphatic hydroxyl groups excluding tert-OH is 1. The number of aryl methyl sites for hydroxylation is 1. The largest absolute Gasteiger partial charge is 0.391 e. The van der Waals surface area contributed by atoms with Gasteiger partial charge in [-0.2, -0.15) is 0 Å². The molecule has 0 radical (unpaired) electrons. The highest BCUT2D eigenvalue weighted by Gasteiger charge is 2.50. The number of hydrogen-bond donors (Lipinski definition) is 1. The Bertz CT molecular complexity index is 1060. The van der Waals surface area contributed by atoms with Crippen molar-refractivity contribution in [3.05, 3.63) is 77.9 Å². The highest BCUT2D eigenvalue weighted by molar-refractivity contribution is 5.90. The second-order valence-electron chi connectivity index (χ2n) is 9.35. The average Bonchev–Trinajstić information content (AvgIpc) is 3.11. The number of piperidine rings is 1. The van der Waals surface area contributed by atoms with E-state index in [4.69, 9.17) is 0 Å². The first-order valence-electron chi connectivity index (χ1n) is 11.5. The van der Waals surface area contributed by atoms with Gasteiger partial charge in [-0.05, 0) is 66.1 Å². The Labute approximate surface area is 191 Å². The first-order chi connectivity index (χ1) is 14.8. The molecule has 2 aliphatic heterocycles. The molecular weight excluding hydrogens is 404 g/mol. The quantitative estimate of drug-likeness (QED) is 0.588. The fourth-order valence-electron chi connectivity index (χ4n) is 6.51. The molecule has 162 valence electrons. The first-order valence-corrected chi connectivity index (χ1v) is 11.5. The zero-order valence-electron chi connectivity index (χ0n) is 17.9. The molecule has 0 amide bonds. The number of benzene rings is 3. The van der Waals surface area contributed by atoms with Crippen molar-refractivity contribution in [2.75, 3.05) is 24.5 Å². The van der Waals surface area contributed by atoms with Crippen molar-refractivity contribution in [3.8, 4) is 0 Å². The fourth-order valence-corrected chi connectivity index (χ4v) is 6.51. The monoisotopic (exact) mass is 434 g/mol. The lowest BCUT2D eigenvalue weighted by Gasteiger charge is -2.49. The van der Waals surface area contributed by atoms with Gasteiger partial charge in [0.1, 0.15) is 0 Å². The number of likely N-dealkylation sites (tertiary alicyclic amines) is 1. The van der Waals surface area contributed by atoms with E-state index < -0.39 is 0 Å². The van der Waals surface area contributed by atoms with E-state index in [2.05, 4.69) is 76.5 Å². The molecule has 3 aliphatic rings. The number of anilines is 1. The summed E-state index contributed by atoms with van der Waals surface area (Å²) in [6, 6.07) is 24.8. The smallest absolute Gasteiger partial charge is 0.0789 e. The SMILES string of the molecule is Cl.OC1CCN(c2ccccc2)C12CCN(C1CCc3cccc4cccc1c34)CC2. The van der Waals surface area contributed by atoms with Gasteiger partial charge >= 0.3 is 0 Å². The predicted molar refractivity (Wildman–Crippen MR) is 130 cm³/mol. The lowest BCUT2D eigenvalue weighted by atomic mass is 9.79. The molecule has 2 unspecified atom stereocenters. The highest BCUT2D eigenvalue weighted by Crippen LogP contribution is 2.45. The predicted octanol–water partition coefficient (Wildman–Crippen LogP) is 5.35. The summed E-state index contributed by atoms with van der Waals surface area (Å²) in [5.74, 6) is 0. The summed E-state index contributed by atoms with van der Waals surface area (Å²) in [5.41, 5.74) is 4.18. The number of hydrogen-bond acceptors (Lipinski definition) is 3. The molecule has 2 fully saturated rings. The Hall–Kier alpha value is -2.07. The zero-order valence-corrected chi connectivity index (χ0v) is 18.7. The Morgan fingerprint density at radius 1 is 0.806 bits per heavy atom. The molecule has 3 aromatic carbocycles. The lowest BCUT2D eigenvalue weighted by molar-refractivity contribution is 0.0394. The van der Waals surface area contributed by atoms with Crippen molar-refractivity contribution in [1.82, 2.24) is 4.90 Å². The molecule has 2 saturated heterocycles. The maximum absolute atomic E-state index is 11.0. The summed E-state index contributed by atoms with van der Waals surface area (Å²) in [5, 5.41) is 13.9. The summed E-state index contributed by atoms with van der Waals surface area (Å²) >= 11 is 0. The molecule has 0 saturated carbocycles. The minimum Gasteiger partial charge on any atom is -0.391 e. The summed E-state index contributed by atoms with van der Waals surface area (Å²) in [6.45, 7) is 3.08. The summed E-state index contributed by atoms with van der Waals surface area (Å²) < 4.78 is 0. The van der Waals surface area contributed by atoms with Gasteiger partial charge in [-0.3, -0.25) is 4.90 Å². The highest BCUT2D eigenvalue weighted by atomic mass is 35.5. The van der Waals surface area contributed by atoms with Crippen molar-refractivity contribution < 1.29 is 5.11 Å². The number of para-hydroxylation sites is 1. The molecule has 31 heavy (non-hydrogen) atoms. The van der Waals surface area contributed by atoms with Gasteiger partial charge in [0.05, 0.1) is 11.6 Å². The van der Waals surface area contributed by atoms with Crippen molar-refractivity contribution in [1.29, 1.82) is 0 Å². The van der Waals surface area contributed by atoms with Crippen molar-refractivity contribution in [2.24, 2.45) is 0 Å². The maximum Gasteiger partial charge on any atom is 0.0789 e. The van der Waals surface area contributed by atoms with Gasteiger partial charge < -0.3 is 10.0 Å². The van der Waals surface area contributed by atoms with E-state index in [-0.39, 0.29) is 24.0 Å². The van der Waals surface area contributed by atoms with E-state index in [1.807, 2.05) is 0 Å². The van der Waals surface area contributed by atoms with Crippen LogP contribution in [0.3, 0.4) is 0 Å². The normalized spacial score (nSPS) is 25.0. The molecule has 4 heteroatoms. The first kappa shape index (κ1) is 20.8. The minimum atomic E-state index is -0.227. The van der Waals surface area contributed by atoms with Crippen LogP contribution in [0, 0.1) is 0 Å². The van der Waals surface area contributed by atoms with Gasteiger partial charge in [0.2, 0.25) is 0 Å². The van der Waals surface area contributed by atoms with Crippen molar-refractivity contribution >= 4 is 28.9 Å². The third kappa shape index (κ3) is 3.26. The molecule has 2 heterocycles. The molecule has 2 atom stereocenters. The second-order valence-corrected chi connectivity index (χ2v) is 9.35. The van der Waals surface area contributed by atoms with Crippen LogP contribution in [0.2, 0.25) is 0 Å². The van der Waals surface area contributed by atoms with Gasteiger partial charge in [0.25, 0.3) is 0 Å². The number of halogens is 1. The van der Waals surface area contributed by atoms with Crippen LogP contribution in [0.25, 0.3) is 10.8 Å². The summed E-state index contributed by atoms with van der Waals surface area (Å²) in [7, 11) is 0. The van der Waals surface area contributed by atoms with Gasteiger partial charge in [-0.25, -0.2) is 0 Å². The van der Waals surface area contributed by atoms with Crippen LogP contribution in [-0.4, -0.2) is 41.3 Å². The van der Waals surface area contributed by atoms with Crippen LogP contribution in [0.15, 0.2) is 66.7 Å². The van der Waals surface area contributed by atoms with E-state index in [9.17, 15) is 5.11 Å². The van der Waals surface area contributed by atoms with Gasteiger partial charge in [0, 0.05) is 31.4 Å².